The number of nitrogens with one attached hydrogen (secondary N) is 1. The Kier molecular flexibility index (Phi) is 4.57. The van der Waals surface area contributed by atoms with Crippen LogP contribution in [0.2, 0.25) is 0 Å². The minimum atomic E-state index is -4.77. The fourth-order valence-electron chi connectivity index (χ4n) is 3.17. The van der Waals surface area contributed by atoms with Crippen molar-refractivity contribution in [2.45, 2.75) is 30.7 Å². The van der Waals surface area contributed by atoms with Crippen LogP contribution in [0.4, 0.5) is 36.6 Å². The number of aromatic nitrogens is 1. The van der Waals surface area contributed by atoms with Crippen LogP contribution in [0.15, 0.2) is 30.5 Å². The third kappa shape index (κ3) is 3.58. The Morgan fingerprint density at radius 1 is 1.04 bits per heavy atom. The third-order valence-corrected chi connectivity index (χ3v) is 4.57. The number of pyridine rings is 1. The number of halogens is 7. The molecule has 0 saturated heterocycles. The van der Waals surface area contributed by atoms with Gasteiger partial charge in [0.05, 0.1) is 23.3 Å². The summed E-state index contributed by atoms with van der Waals surface area (Å²) >= 11 is 0. The summed E-state index contributed by atoms with van der Waals surface area (Å²) in [5.41, 5.74) is -2.83. The van der Waals surface area contributed by atoms with Gasteiger partial charge in [-0.2, -0.15) is 26.3 Å². The molecule has 0 bridgehead atoms. The van der Waals surface area contributed by atoms with Crippen LogP contribution in [0.3, 0.4) is 0 Å². The maximum absolute atomic E-state index is 14.1. The van der Waals surface area contributed by atoms with Gasteiger partial charge in [-0.3, -0.25) is 0 Å². The molecule has 0 amide bonds. The molecule has 1 aliphatic rings. The summed E-state index contributed by atoms with van der Waals surface area (Å²) in [4.78, 5) is 3.43. The first-order chi connectivity index (χ1) is 12.5. The highest BCUT2D eigenvalue weighted by molar-refractivity contribution is 5.50. The topological polar surface area (TPSA) is 45.1 Å². The molecule has 2 aromatic rings. The fourth-order valence-corrected chi connectivity index (χ4v) is 3.17. The summed E-state index contributed by atoms with van der Waals surface area (Å²) in [6, 6.07) is 3.23. The number of aliphatic hydroxyl groups is 1. The minimum Gasteiger partial charge on any atom is -0.394 e. The Morgan fingerprint density at radius 2 is 1.70 bits per heavy atom. The smallest absolute Gasteiger partial charge is 0.394 e. The molecule has 0 fully saturated rings. The molecular formula is C17H13F7N2O. The van der Waals surface area contributed by atoms with Crippen molar-refractivity contribution >= 4 is 5.82 Å². The fraction of sp³-hybridized carbons (Fsp3) is 0.353. The van der Waals surface area contributed by atoms with Crippen LogP contribution in [0.25, 0.3) is 0 Å². The van der Waals surface area contributed by atoms with Crippen molar-refractivity contribution in [1.29, 1.82) is 0 Å². The van der Waals surface area contributed by atoms with E-state index >= 15 is 0 Å². The second kappa shape index (κ2) is 6.36. The van der Waals surface area contributed by atoms with Crippen molar-refractivity contribution in [2.75, 3.05) is 11.9 Å². The Labute approximate surface area is 148 Å². The SMILES string of the molecule is OCC1(Nc2ncc(C(F)(F)F)cc2F)CCc2cc(C(F)(F)F)ccc21. The molecule has 3 nitrogen and oxygen atoms in total. The van der Waals surface area contributed by atoms with Gasteiger partial charge in [0.15, 0.2) is 11.6 Å². The van der Waals surface area contributed by atoms with E-state index in [1.807, 2.05) is 0 Å². The molecule has 1 atom stereocenters. The number of rotatable bonds is 3. The van der Waals surface area contributed by atoms with E-state index in [4.69, 9.17) is 0 Å². The molecule has 10 heteroatoms. The number of hydrogen-bond donors (Lipinski definition) is 2. The maximum Gasteiger partial charge on any atom is 0.417 e. The van der Waals surface area contributed by atoms with E-state index in [1.165, 1.54) is 6.07 Å². The van der Waals surface area contributed by atoms with Crippen LogP contribution in [0.1, 0.15) is 28.7 Å². The molecule has 3 rings (SSSR count). The highest BCUT2D eigenvalue weighted by Crippen LogP contribution is 2.42. The highest BCUT2D eigenvalue weighted by atomic mass is 19.4. The molecule has 1 aromatic heterocycles. The lowest BCUT2D eigenvalue weighted by Gasteiger charge is -2.30. The number of alkyl halides is 6. The Hall–Kier alpha value is -2.36. The maximum atomic E-state index is 14.1. The average molecular weight is 394 g/mol. The van der Waals surface area contributed by atoms with Crippen LogP contribution in [-0.4, -0.2) is 16.7 Å². The van der Waals surface area contributed by atoms with Gasteiger partial charge in [-0.1, -0.05) is 6.07 Å². The number of fused-ring (bicyclic) bond motifs is 1. The molecule has 1 unspecified atom stereocenters. The monoisotopic (exact) mass is 394 g/mol. The average Bonchev–Trinajstić information content (AvgIpc) is 2.93. The molecular weight excluding hydrogens is 381 g/mol. The molecule has 1 heterocycles. The van der Waals surface area contributed by atoms with Crippen molar-refractivity contribution in [1.82, 2.24) is 4.98 Å². The first-order valence-electron chi connectivity index (χ1n) is 7.79. The molecule has 0 aliphatic heterocycles. The quantitative estimate of drug-likeness (QED) is 0.754. The minimum absolute atomic E-state index is 0.127. The van der Waals surface area contributed by atoms with Crippen LogP contribution >= 0.6 is 0 Å². The molecule has 1 aromatic carbocycles. The van der Waals surface area contributed by atoms with E-state index in [0.717, 1.165) is 12.1 Å². The first kappa shape index (κ1) is 19.4. The lowest BCUT2D eigenvalue weighted by Crippen LogP contribution is -2.37. The molecule has 0 saturated carbocycles. The molecule has 27 heavy (non-hydrogen) atoms. The molecule has 146 valence electrons. The van der Waals surface area contributed by atoms with Crippen molar-refractivity contribution < 1.29 is 35.8 Å². The van der Waals surface area contributed by atoms with Gasteiger partial charge in [0, 0.05) is 6.20 Å². The van der Waals surface area contributed by atoms with E-state index in [0.29, 0.717) is 17.3 Å². The van der Waals surface area contributed by atoms with Crippen LogP contribution in [-0.2, 0) is 24.3 Å². The van der Waals surface area contributed by atoms with Gasteiger partial charge in [0.2, 0.25) is 0 Å². The Morgan fingerprint density at radius 3 is 2.26 bits per heavy atom. The Bertz CT molecular complexity index is 863. The van der Waals surface area contributed by atoms with Crippen LogP contribution < -0.4 is 5.32 Å². The van der Waals surface area contributed by atoms with Crippen molar-refractivity contribution in [2.24, 2.45) is 0 Å². The van der Waals surface area contributed by atoms with E-state index in [1.54, 1.807) is 0 Å². The van der Waals surface area contributed by atoms with Gasteiger partial charge < -0.3 is 10.4 Å². The number of nitrogens with zero attached hydrogens (tertiary/aromatic N) is 1. The summed E-state index contributed by atoms with van der Waals surface area (Å²) in [6.45, 7) is -0.604. The van der Waals surface area contributed by atoms with Gasteiger partial charge in [0.25, 0.3) is 0 Å². The number of hydrogen-bond acceptors (Lipinski definition) is 3. The van der Waals surface area contributed by atoms with E-state index in [9.17, 15) is 35.8 Å². The number of benzene rings is 1. The number of aryl methyl sites for hydroxylation is 1. The largest absolute Gasteiger partial charge is 0.417 e. The summed E-state index contributed by atoms with van der Waals surface area (Å²) in [7, 11) is 0. The first-order valence-corrected chi connectivity index (χ1v) is 7.79. The van der Waals surface area contributed by atoms with Gasteiger partial charge >= 0.3 is 12.4 Å². The Balaban J connectivity index is 1.96. The zero-order chi connectivity index (χ0) is 20.0. The normalized spacial score (nSPS) is 19.9. The molecule has 0 radical (unpaired) electrons. The van der Waals surface area contributed by atoms with Crippen molar-refractivity contribution in [3.05, 3.63) is 58.5 Å². The lowest BCUT2D eigenvalue weighted by atomic mass is 9.91. The predicted molar refractivity (Wildman–Crippen MR) is 81.3 cm³/mol. The van der Waals surface area contributed by atoms with Crippen molar-refractivity contribution in [3.8, 4) is 0 Å². The zero-order valence-electron chi connectivity index (χ0n) is 13.5. The molecule has 2 N–H and O–H groups in total. The van der Waals surface area contributed by atoms with Gasteiger partial charge in [-0.15, -0.1) is 0 Å². The van der Waals surface area contributed by atoms with E-state index in [2.05, 4.69) is 10.3 Å². The highest BCUT2D eigenvalue weighted by Gasteiger charge is 2.41. The summed E-state index contributed by atoms with van der Waals surface area (Å²) in [5.74, 6) is -1.80. The van der Waals surface area contributed by atoms with E-state index in [-0.39, 0.29) is 18.9 Å². The van der Waals surface area contributed by atoms with E-state index < -0.39 is 47.3 Å². The third-order valence-electron chi connectivity index (χ3n) is 4.57. The predicted octanol–water partition coefficient (Wildman–Crippen LogP) is 4.50. The zero-order valence-corrected chi connectivity index (χ0v) is 13.5. The number of aliphatic hydroxyl groups excluding tert-OH is 1. The summed E-state index contributed by atoms with van der Waals surface area (Å²) in [6.07, 6.45) is -8.56. The molecule has 0 spiro atoms. The van der Waals surface area contributed by atoms with Gasteiger partial charge in [-0.25, -0.2) is 9.37 Å². The second-order valence-electron chi connectivity index (χ2n) is 6.29. The summed E-state index contributed by atoms with van der Waals surface area (Å²) < 4.78 is 90.5. The van der Waals surface area contributed by atoms with Gasteiger partial charge in [0.1, 0.15) is 0 Å². The second-order valence-corrected chi connectivity index (χ2v) is 6.29. The lowest BCUT2D eigenvalue weighted by molar-refractivity contribution is -0.138. The van der Waals surface area contributed by atoms with Crippen molar-refractivity contribution in [3.63, 3.8) is 0 Å². The van der Waals surface area contributed by atoms with Crippen LogP contribution in [0.5, 0.6) is 0 Å². The van der Waals surface area contributed by atoms with Gasteiger partial charge in [-0.05, 0) is 42.2 Å². The standard InChI is InChI=1S/C17H13F7N2O/c18-13-6-11(17(22,23)24)7-25-14(13)26-15(8-27)4-3-9-5-10(16(19,20)21)1-2-12(9)15/h1-2,5-7,27H,3-4,8H2,(H,25,26). The number of anilines is 1. The summed E-state index contributed by atoms with van der Waals surface area (Å²) in [5, 5.41) is 12.4. The van der Waals surface area contributed by atoms with Crippen LogP contribution in [0, 0.1) is 5.82 Å². The molecule has 1 aliphatic carbocycles.